The topological polar surface area (TPSA) is 63.1 Å². The highest BCUT2D eigenvalue weighted by Gasteiger charge is 2.26. The molecule has 1 aliphatic heterocycles. The predicted molar refractivity (Wildman–Crippen MR) is 110 cm³/mol. The Morgan fingerprint density at radius 3 is 2.36 bits per heavy atom. The monoisotopic (exact) mass is 375 g/mol. The summed E-state index contributed by atoms with van der Waals surface area (Å²) in [5, 5.41) is 11.8. The number of aromatic nitrogens is 3. The van der Waals surface area contributed by atoms with E-state index in [-0.39, 0.29) is 11.9 Å². The van der Waals surface area contributed by atoms with Gasteiger partial charge in [0.2, 0.25) is 0 Å². The molecule has 0 bridgehead atoms. The highest BCUT2D eigenvalue weighted by atomic mass is 16.2. The minimum absolute atomic E-state index is 0.0587. The van der Waals surface area contributed by atoms with Crippen LogP contribution in [-0.4, -0.2) is 52.0 Å². The summed E-state index contributed by atoms with van der Waals surface area (Å²) in [7, 11) is 1.87. The molecule has 1 aliphatic rings. The van der Waals surface area contributed by atoms with Crippen LogP contribution < -0.4 is 5.32 Å². The summed E-state index contributed by atoms with van der Waals surface area (Å²) in [4.78, 5) is 14.8. The maximum Gasteiger partial charge on any atom is 0.276 e. The van der Waals surface area contributed by atoms with Gasteiger partial charge in [0.1, 0.15) is 0 Å². The molecule has 28 heavy (non-hydrogen) atoms. The number of amides is 1. The van der Waals surface area contributed by atoms with Gasteiger partial charge in [-0.05, 0) is 56.1 Å². The van der Waals surface area contributed by atoms with Crippen LogP contribution in [0, 0.1) is 6.92 Å². The van der Waals surface area contributed by atoms with Crippen LogP contribution in [-0.2, 0) is 0 Å². The molecule has 6 heteroatoms. The van der Waals surface area contributed by atoms with Gasteiger partial charge in [-0.1, -0.05) is 47.7 Å². The van der Waals surface area contributed by atoms with Crippen molar-refractivity contribution in [1.82, 2.24) is 25.2 Å². The Labute approximate surface area is 165 Å². The summed E-state index contributed by atoms with van der Waals surface area (Å²) in [6.07, 6.45) is 1.94. The zero-order valence-corrected chi connectivity index (χ0v) is 16.3. The van der Waals surface area contributed by atoms with Crippen LogP contribution in [0.25, 0.3) is 16.8 Å². The van der Waals surface area contributed by atoms with Crippen LogP contribution in [0.4, 0.5) is 0 Å². The van der Waals surface area contributed by atoms with Crippen LogP contribution in [0.15, 0.2) is 54.6 Å². The molecule has 0 unspecified atom stereocenters. The second kappa shape index (κ2) is 7.94. The molecule has 1 N–H and O–H groups in total. The first kappa shape index (κ1) is 18.4. The van der Waals surface area contributed by atoms with E-state index in [1.165, 1.54) is 5.56 Å². The Bertz CT molecular complexity index is 943. The van der Waals surface area contributed by atoms with E-state index in [0.717, 1.165) is 42.9 Å². The maximum absolute atomic E-state index is 12.9. The van der Waals surface area contributed by atoms with Gasteiger partial charge in [-0.3, -0.25) is 4.79 Å². The summed E-state index contributed by atoms with van der Waals surface area (Å²) < 4.78 is 1.73. The second-order valence-corrected chi connectivity index (χ2v) is 7.25. The Balaban J connectivity index is 1.55. The number of benzene rings is 2. The molecule has 4 rings (SSSR count). The number of hydrogen-bond acceptors (Lipinski definition) is 4. The number of rotatable bonds is 4. The molecule has 0 atom stereocenters. The van der Waals surface area contributed by atoms with Crippen molar-refractivity contribution in [1.29, 1.82) is 0 Å². The zero-order chi connectivity index (χ0) is 19.5. The fourth-order valence-corrected chi connectivity index (χ4v) is 3.72. The van der Waals surface area contributed by atoms with E-state index in [2.05, 4.69) is 39.9 Å². The van der Waals surface area contributed by atoms with Gasteiger partial charge < -0.3 is 10.2 Å². The number of carbonyl (C=O) groups is 1. The molecule has 144 valence electrons. The van der Waals surface area contributed by atoms with Gasteiger partial charge in [0.15, 0.2) is 5.69 Å². The molecule has 1 aromatic heterocycles. The van der Waals surface area contributed by atoms with E-state index in [1.807, 2.05) is 49.2 Å². The van der Waals surface area contributed by atoms with Crippen molar-refractivity contribution in [2.45, 2.75) is 25.8 Å². The minimum Gasteiger partial charge on any atom is -0.337 e. The Kier molecular flexibility index (Phi) is 5.21. The number of nitrogens with one attached hydrogen (secondary N) is 1. The fraction of sp³-hybridized carbons (Fsp3) is 0.318. The lowest BCUT2D eigenvalue weighted by Crippen LogP contribution is -2.44. The predicted octanol–water partition coefficient (Wildman–Crippen LogP) is 3.07. The molecular formula is C22H25N5O. The molecule has 0 aliphatic carbocycles. The Morgan fingerprint density at radius 2 is 1.68 bits per heavy atom. The maximum atomic E-state index is 12.9. The van der Waals surface area contributed by atoms with E-state index in [0.29, 0.717) is 5.69 Å². The van der Waals surface area contributed by atoms with Crippen LogP contribution in [0.3, 0.4) is 0 Å². The van der Waals surface area contributed by atoms with E-state index in [1.54, 1.807) is 4.68 Å². The van der Waals surface area contributed by atoms with Gasteiger partial charge >= 0.3 is 0 Å². The van der Waals surface area contributed by atoms with Crippen molar-refractivity contribution in [3.63, 3.8) is 0 Å². The van der Waals surface area contributed by atoms with Gasteiger partial charge in [0.25, 0.3) is 5.91 Å². The van der Waals surface area contributed by atoms with Crippen LogP contribution in [0.5, 0.6) is 0 Å². The van der Waals surface area contributed by atoms with Crippen molar-refractivity contribution in [3.8, 4) is 16.8 Å². The fourth-order valence-electron chi connectivity index (χ4n) is 3.72. The molecule has 1 amide bonds. The van der Waals surface area contributed by atoms with Crippen molar-refractivity contribution >= 4 is 5.91 Å². The number of carbonyl (C=O) groups excluding carboxylic acids is 1. The molecule has 3 aromatic rings. The van der Waals surface area contributed by atoms with Crippen molar-refractivity contribution in [2.24, 2.45) is 0 Å². The van der Waals surface area contributed by atoms with Gasteiger partial charge in [-0.25, -0.2) is 4.68 Å². The van der Waals surface area contributed by atoms with Gasteiger partial charge in [0.05, 0.1) is 11.4 Å². The first-order chi connectivity index (χ1) is 13.6. The number of piperidine rings is 1. The molecule has 0 saturated carbocycles. The largest absolute Gasteiger partial charge is 0.337 e. The van der Waals surface area contributed by atoms with Crippen LogP contribution in [0.1, 0.15) is 29.0 Å². The average Bonchev–Trinajstić information content (AvgIpc) is 3.15. The minimum atomic E-state index is -0.0587. The Morgan fingerprint density at radius 1 is 1.04 bits per heavy atom. The number of hydrogen-bond donors (Lipinski definition) is 1. The molecule has 2 aromatic carbocycles. The third-order valence-electron chi connectivity index (χ3n) is 5.49. The molecule has 1 fully saturated rings. The normalized spacial score (nSPS) is 14.8. The molecular weight excluding hydrogens is 350 g/mol. The first-order valence-corrected chi connectivity index (χ1v) is 9.71. The quantitative estimate of drug-likeness (QED) is 0.761. The standard InChI is InChI=1S/C22H25N5O/c1-16-21(22(28)26(2)19-12-14-23-15-13-19)24-25-27(16)20-10-8-18(9-11-20)17-6-4-3-5-7-17/h3-11,19,23H,12-15H2,1-2H3. The second-order valence-electron chi connectivity index (χ2n) is 7.25. The first-order valence-electron chi connectivity index (χ1n) is 9.71. The smallest absolute Gasteiger partial charge is 0.276 e. The summed E-state index contributed by atoms with van der Waals surface area (Å²) >= 11 is 0. The zero-order valence-electron chi connectivity index (χ0n) is 16.3. The molecule has 0 radical (unpaired) electrons. The summed E-state index contributed by atoms with van der Waals surface area (Å²) in [6.45, 7) is 3.79. The van der Waals surface area contributed by atoms with E-state index < -0.39 is 0 Å². The molecule has 1 saturated heterocycles. The average molecular weight is 375 g/mol. The van der Waals surface area contributed by atoms with Crippen molar-refractivity contribution < 1.29 is 4.79 Å². The highest BCUT2D eigenvalue weighted by molar-refractivity contribution is 5.93. The molecule has 6 nitrogen and oxygen atoms in total. The summed E-state index contributed by atoms with van der Waals surface area (Å²) in [5.74, 6) is -0.0587. The molecule has 0 spiro atoms. The lowest BCUT2D eigenvalue weighted by Gasteiger charge is -2.31. The van der Waals surface area contributed by atoms with Crippen molar-refractivity contribution in [2.75, 3.05) is 20.1 Å². The lowest BCUT2D eigenvalue weighted by atomic mass is 10.0. The van der Waals surface area contributed by atoms with E-state index in [9.17, 15) is 4.79 Å². The molecule has 2 heterocycles. The third-order valence-corrected chi connectivity index (χ3v) is 5.49. The SMILES string of the molecule is Cc1c(C(=O)N(C)C2CCNCC2)nnn1-c1ccc(-c2ccccc2)cc1. The van der Waals surface area contributed by atoms with Gasteiger partial charge in [0, 0.05) is 13.1 Å². The summed E-state index contributed by atoms with van der Waals surface area (Å²) in [5.41, 5.74) is 4.40. The summed E-state index contributed by atoms with van der Waals surface area (Å²) in [6, 6.07) is 18.6. The highest BCUT2D eigenvalue weighted by Crippen LogP contribution is 2.22. The lowest BCUT2D eigenvalue weighted by molar-refractivity contribution is 0.0696. The van der Waals surface area contributed by atoms with Crippen LogP contribution in [0.2, 0.25) is 0 Å². The van der Waals surface area contributed by atoms with Gasteiger partial charge in [-0.15, -0.1) is 5.10 Å². The third kappa shape index (κ3) is 3.55. The van der Waals surface area contributed by atoms with Crippen LogP contribution >= 0.6 is 0 Å². The van der Waals surface area contributed by atoms with E-state index in [4.69, 9.17) is 0 Å². The Hall–Kier alpha value is -2.99. The van der Waals surface area contributed by atoms with Gasteiger partial charge in [-0.2, -0.15) is 0 Å². The number of nitrogens with zero attached hydrogens (tertiary/aromatic N) is 4. The van der Waals surface area contributed by atoms with E-state index >= 15 is 0 Å². The van der Waals surface area contributed by atoms with Crippen molar-refractivity contribution in [3.05, 3.63) is 66.0 Å².